The van der Waals surface area contributed by atoms with Crippen molar-refractivity contribution in [1.82, 2.24) is 9.88 Å². The molecule has 1 aliphatic heterocycles. The minimum Gasteiger partial charge on any atom is -0.497 e. The maximum Gasteiger partial charge on any atom is 0.303 e. The number of aliphatic carboxylic acids is 1. The van der Waals surface area contributed by atoms with E-state index in [1.54, 1.807) is 19.2 Å². The lowest BCUT2D eigenvalue weighted by atomic mass is 9.79. The van der Waals surface area contributed by atoms with Crippen molar-refractivity contribution in [2.45, 2.75) is 31.8 Å². The third-order valence-corrected chi connectivity index (χ3v) is 7.38. The number of benzene rings is 2. The number of ether oxygens (including phenoxy) is 1. The van der Waals surface area contributed by atoms with E-state index in [-0.39, 0.29) is 23.8 Å². The summed E-state index contributed by atoms with van der Waals surface area (Å²) in [6.07, 6.45) is 2.44. The number of hydrogen-bond donors (Lipinski definition) is 2. The van der Waals surface area contributed by atoms with Crippen molar-refractivity contribution in [2.75, 3.05) is 26.7 Å². The fraction of sp³-hybridized carbons (Fsp3) is 0.379. The van der Waals surface area contributed by atoms with E-state index >= 15 is 0 Å². The van der Waals surface area contributed by atoms with Gasteiger partial charge in [-0.25, -0.2) is 8.78 Å². The standard InChI is InChI=1S/C29H29ClF2N2O4/c1-38-22-6-8-26-23(15-22)29(24(30)16-33-26)27(35)9-4-18-10-12-34(17-20(18)14-28(36)37)11-2-3-19-13-21(31)5-7-25(19)32/h5-8,13,15-16,18,20,27,35H,4,9-12,14,17H2,1H3,(H,36,37)/t18?,20?,27-/m1/s1. The number of aliphatic hydroxyl groups excluding tert-OH is 1. The summed E-state index contributed by atoms with van der Waals surface area (Å²) in [6, 6.07) is 8.55. The average molecular weight is 543 g/mol. The first kappa shape index (κ1) is 27.8. The van der Waals surface area contributed by atoms with Crippen LogP contribution in [0, 0.1) is 35.3 Å². The highest BCUT2D eigenvalue weighted by Crippen LogP contribution is 2.37. The topological polar surface area (TPSA) is 82.9 Å². The second kappa shape index (κ2) is 12.5. The van der Waals surface area contributed by atoms with Crippen LogP contribution in [-0.4, -0.2) is 52.8 Å². The van der Waals surface area contributed by atoms with Crippen LogP contribution in [0.1, 0.15) is 42.9 Å². The van der Waals surface area contributed by atoms with Gasteiger partial charge in [-0.1, -0.05) is 23.4 Å². The third-order valence-electron chi connectivity index (χ3n) is 7.08. The molecular weight excluding hydrogens is 514 g/mol. The van der Waals surface area contributed by atoms with E-state index in [1.165, 1.54) is 6.20 Å². The Kier molecular flexibility index (Phi) is 9.16. The zero-order valence-electron chi connectivity index (χ0n) is 21.0. The van der Waals surface area contributed by atoms with E-state index in [4.69, 9.17) is 16.3 Å². The van der Waals surface area contributed by atoms with Crippen molar-refractivity contribution >= 4 is 28.5 Å². The van der Waals surface area contributed by atoms with Gasteiger partial charge in [-0.15, -0.1) is 0 Å². The van der Waals surface area contributed by atoms with Crippen molar-refractivity contribution in [1.29, 1.82) is 0 Å². The smallest absolute Gasteiger partial charge is 0.303 e. The molecule has 0 spiro atoms. The third kappa shape index (κ3) is 6.79. The lowest BCUT2D eigenvalue weighted by Crippen LogP contribution is -2.41. The highest BCUT2D eigenvalue weighted by Gasteiger charge is 2.31. The van der Waals surface area contributed by atoms with Crippen LogP contribution in [-0.2, 0) is 4.79 Å². The molecule has 0 bridgehead atoms. The SMILES string of the molecule is COc1ccc2ncc(Cl)c([C@H](O)CCC3CCN(CC#Cc4cc(F)ccc4F)CC3CC(=O)O)c2c1. The fourth-order valence-electron chi connectivity index (χ4n) is 5.12. The van der Waals surface area contributed by atoms with Gasteiger partial charge in [0.15, 0.2) is 0 Å². The molecule has 2 N–H and O–H groups in total. The molecule has 4 rings (SSSR count). The Bertz CT molecular complexity index is 1370. The maximum absolute atomic E-state index is 13.8. The quantitative estimate of drug-likeness (QED) is 0.368. The van der Waals surface area contributed by atoms with Gasteiger partial charge in [-0.05, 0) is 74.0 Å². The van der Waals surface area contributed by atoms with Gasteiger partial charge < -0.3 is 14.9 Å². The summed E-state index contributed by atoms with van der Waals surface area (Å²) < 4.78 is 32.5. The van der Waals surface area contributed by atoms with Crippen LogP contribution in [0.15, 0.2) is 42.6 Å². The Morgan fingerprint density at radius 1 is 1.26 bits per heavy atom. The predicted molar refractivity (Wildman–Crippen MR) is 141 cm³/mol. The largest absolute Gasteiger partial charge is 0.497 e. The molecule has 1 saturated heterocycles. The molecule has 0 saturated carbocycles. The van der Waals surface area contributed by atoms with Gasteiger partial charge in [0, 0.05) is 30.1 Å². The van der Waals surface area contributed by atoms with Crippen molar-refractivity contribution in [3.63, 3.8) is 0 Å². The van der Waals surface area contributed by atoms with Gasteiger partial charge in [0.05, 0.1) is 35.9 Å². The average Bonchev–Trinajstić information content (AvgIpc) is 2.89. The Hall–Kier alpha value is -3.25. The molecule has 2 unspecified atom stereocenters. The molecule has 200 valence electrons. The normalized spacial score (nSPS) is 18.6. The lowest BCUT2D eigenvalue weighted by molar-refractivity contribution is -0.139. The number of piperidine rings is 1. The number of fused-ring (bicyclic) bond motifs is 1. The van der Waals surface area contributed by atoms with Crippen molar-refractivity contribution in [3.8, 4) is 17.6 Å². The predicted octanol–water partition coefficient (Wildman–Crippen LogP) is 5.45. The van der Waals surface area contributed by atoms with Crippen LogP contribution in [0.2, 0.25) is 5.02 Å². The molecule has 2 heterocycles. The maximum atomic E-state index is 13.8. The second-order valence-electron chi connectivity index (χ2n) is 9.56. The molecule has 38 heavy (non-hydrogen) atoms. The van der Waals surface area contributed by atoms with E-state index < -0.39 is 23.7 Å². The van der Waals surface area contributed by atoms with E-state index in [9.17, 15) is 23.8 Å². The van der Waals surface area contributed by atoms with E-state index in [1.807, 2.05) is 11.0 Å². The Balaban J connectivity index is 1.42. The number of rotatable bonds is 8. The molecule has 3 aromatic rings. The number of carboxylic acids is 1. The zero-order chi connectivity index (χ0) is 27.2. The molecule has 3 atom stereocenters. The number of carboxylic acid groups (broad SMARTS) is 1. The van der Waals surface area contributed by atoms with E-state index in [0.717, 1.165) is 30.0 Å². The molecular formula is C29H29ClF2N2O4. The lowest BCUT2D eigenvalue weighted by Gasteiger charge is -2.37. The van der Waals surface area contributed by atoms with Crippen LogP contribution < -0.4 is 4.74 Å². The molecule has 0 radical (unpaired) electrons. The number of aliphatic hydroxyl groups is 1. The second-order valence-corrected chi connectivity index (χ2v) is 9.97. The van der Waals surface area contributed by atoms with E-state index in [2.05, 4.69) is 16.8 Å². The fourth-order valence-corrected chi connectivity index (χ4v) is 5.40. The first-order chi connectivity index (χ1) is 18.2. The van der Waals surface area contributed by atoms with Crippen LogP contribution >= 0.6 is 11.6 Å². The highest BCUT2D eigenvalue weighted by molar-refractivity contribution is 6.32. The summed E-state index contributed by atoms with van der Waals surface area (Å²) in [5.74, 6) is 4.12. The van der Waals surface area contributed by atoms with Crippen molar-refractivity contribution in [2.24, 2.45) is 11.8 Å². The molecule has 0 amide bonds. The molecule has 0 aliphatic carbocycles. The Morgan fingerprint density at radius 2 is 2.08 bits per heavy atom. The van der Waals surface area contributed by atoms with E-state index in [0.29, 0.717) is 54.3 Å². The van der Waals surface area contributed by atoms with Crippen LogP contribution in [0.4, 0.5) is 8.78 Å². The van der Waals surface area contributed by atoms with Crippen LogP contribution in [0.3, 0.4) is 0 Å². The summed E-state index contributed by atoms with van der Waals surface area (Å²) in [5, 5.41) is 21.7. The summed E-state index contributed by atoms with van der Waals surface area (Å²) >= 11 is 6.44. The first-order valence-electron chi connectivity index (χ1n) is 12.4. The van der Waals surface area contributed by atoms with Gasteiger partial charge in [-0.2, -0.15) is 0 Å². The number of methoxy groups -OCH3 is 1. The molecule has 1 aliphatic rings. The monoisotopic (exact) mass is 542 g/mol. The van der Waals surface area contributed by atoms with Crippen LogP contribution in [0.25, 0.3) is 10.9 Å². The van der Waals surface area contributed by atoms with Gasteiger partial charge in [-0.3, -0.25) is 14.7 Å². The minimum absolute atomic E-state index is 0.000637. The number of nitrogens with zero attached hydrogens (tertiary/aromatic N) is 2. The van der Waals surface area contributed by atoms with Crippen molar-refractivity contribution in [3.05, 3.63) is 70.4 Å². The number of halogens is 3. The molecule has 9 heteroatoms. The summed E-state index contributed by atoms with van der Waals surface area (Å²) in [5.41, 5.74) is 1.28. The summed E-state index contributed by atoms with van der Waals surface area (Å²) in [4.78, 5) is 18.0. The number of aromatic nitrogens is 1. The minimum atomic E-state index is -0.884. The number of pyridine rings is 1. The Labute approximate surface area is 225 Å². The van der Waals surface area contributed by atoms with Crippen LogP contribution in [0.5, 0.6) is 5.75 Å². The zero-order valence-corrected chi connectivity index (χ0v) is 21.7. The molecule has 1 fully saturated rings. The van der Waals surface area contributed by atoms with Crippen molar-refractivity contribution < 1.29 is 28.5 Å². The summed E-state index contributed by atoms with van der Waals surface area (Å²) in [6.45, 7) is 1.53. The van der Waals surface area contributed by atoms with Gasteiger partial charge in [0.25, 0.3) is 0 Å². The van der Waals surface area contributed by atoms with Gasteiger partial charge in [0.2, 0.25) is 0 Å². The summed E-state index contributed by atoms with van der Waals surface area (Å²) in [7, 11) is 1.57. The van der Waals surface area contributed by atoms with Gasteiger partial charge >= 0.3 is 5.97 Å². The van der Waals surface area contributed by atoms with Gasteiger partial charge in [0.1, 0.15) is 17.4 Å². The highest BCUT2D eigenvalue weighted by atomic mass is 35.5. The number of hydrogen-bond acceptors (Lipinski definition) is 5. The number of carbonyl (C=O) groups is 1. The Morgan fingerprint density at radius 3 is 2.84 bits per heavy atom. The molecule has 2 aromatic carbocycles. The number of likely N-dealkylation sites (tertiary alicyclic amines) is 1. The first-order valence-corrected chi connectivity index (χ1v) is 12.8. The molecule has 1 aromatic heterocycles. The molecule has 6 nitrogen and oxygen atoms in total.